The number of carbonyl (C=O) groups excluding carboxylic acids is 2. The Morgan fingerprint density at radius 2 is 1.84 bits per heavy atom. The van der Waals surface area contributed by atoms with Gasteiger partial charge in [-0.15, -0.1) is 0 Å². The van der Waals surface area contributed by atoms with Crippen molar-refractivity contribution in [2.75, 3.05) is 32.5 Å². The van der Waals surface area contributed by atoms with Gasteiger partial charge in [0.1, 0.15) is 11.5 Å². The van der Waals surface area contributed by atoms with Gasteiger partial charge in [0.15, 0.2) is 16.4 Å². The van der Waals surface area contributed by atoms with E-state index in [9.17, 15) is 18.0 Å². The standard InChI is InChI=1S/C16H21ClN2O5S/c1-18-15(20)11-25(22,23)14-6-8-19(9-7-14)16(21)10-24-13-4-2-12(17)3-5-13/h2-5,14H,6-11H2,1H3,(H,18,20). The van der Waals surface area contributed by atoms with Gasteiger partial charge in [0.2, 0.25) is 5.91 Å². The first-order chi connectivity index (χ1) is 11.8. The topological polar surface area (TPSA) is 92.8 Å². The molecule has 0 radical (unpaired) electrons. The van der Waals surface area contributed by atoms with Crippen molar-refractivity contribution >= 4 is 33.3 Å². The van der Waals surface area contributed by atoms with Crippen molar-refractivity contribution < 1.29 is 22.7 Å². The van der Waals surface area contributed by atoms with E-state index in [1.165, 1.54) is 7.05 Å². The Labute approximate surface area is 152 Å². The first-order valence-corrected chi connectivity index (χ1v) is 9.99. The number of likely N-dealkylation sites (tertiary alicyclic amines) is 1. The van der Waals surface area contributed by atoms with Crippen LogP contribution in [0.4, 0.5) is 0 Å². The number of hydrogen-bond acceptors (Lipinski definition) is 5. The molecular formula is C16H21ClN2O5S. The van der Waals surface area contributed by atoms with Gasteiger partial charge in [-0.25, -0.2) is 8.42 Å². The van der Waals surface area contributed by atoms with Crippen molar-refractivity contribution in [1.29, 1.82) is 0 Å². The fraction of sp³-hybridized carbons (Fsp3) is 0.500. The highest BCUT2D eigenvalue weighted by atomic mass is 35.5. The molecule has 1 aliphatic rings. The second kappa shape index (κ2) is 8.53. The number of amides is 2. The Kier molecular flexibility index (Phi) is 6.66. The van der Waals surface area contributed by atoms with E-state index in [1.54, 1.807) is 29.2 Å². The van der Waals surface area contributed by atoms with Gasteiger partial charge < -0.3 is 15.0 Å². The Bertz CT molecular complexity index is 713. The lowest BCUT2D eigenvalue weighted by Gasteiger charge is -2.31. The average molecular weight is 389 g/mol. The number of rotatable bonds is 6. The Morgan fingerprint density at radius 1 is 1.24 bits per heavy atom. The molecule has 7 nitrogen and oxygen atoms in total. The number of piperidine rings is 1. The van der Waals surface area contributed by atoms with Crippen molar-refractivity contribution in [1.82, 2.24) is 10.2 Å². The van der Waals surface area contributed by atoms with Crippen LogP contribution in [0.25, 0.3) is 0 Å². The number of ether oxygens (including phenoxy) is 1. The molecule has 2 rings (SSSR count). The molecule has 1 aromatic rings. The first-order valence-electron chi connectivity index (χ1n) is 7.90. The Morgan fingerprint density at radius 3 is 2.40 bits per heavy atom. The van der Waals surface area contributed by atoms with E-state index >= 15 is 0 Å². The highest BCUT2D eigenvalue weighted by Crippen LogP contribution is 2.19. The fourth-order valence-electron chi connectivity index (χ4n) is 2.60. The zero-order valence-corrected chi connectivity index (χ0v) is 15.5. The molecule has 1 heterocycles. The normalized spacial score (nSPS) is 15.7. The number of hydrogen-bond donors (Lipinski definition) is 1. The average Bonchev–Trinajstić information content (AvgIpc) is 2.60. The zero-order chi connectivity index (χ0) is 18.4. The van der Waals surface area contributed by atoms with E-state index in [-0.39, 0.29) is 12.5 Å². The second-order valence-electron chi connectivity index (χ2n) is 5.80. The van der Waals surface area contributed by atoms with Crippen molar-refractivity contribution in [3.8, 4) is 5.75 Å². The van der Waals surface area contributed by atoms with Crippen LogP contribution >= 0.6 is 11.6 Å². The maximum atomic E-state index is 12.2. The number of benzene rings is 1. The highest BCUT2D eigenvalue weighted by Gasteiger charge is 2.32. The lowest BCUT2D eigenvalue weighted by molar-refractivity contribution is -0.134. The summed E-state index contributed by atoms with van der Waals surface area (Å²) in [5, 5.41) is 2.31. The highest BCUT2D eigenvalue weighted by molar-refractivity contribution is 7.92. The zero-order valence-electron chi connectivity index (χ0n) is 13.9. The molecule has 0 bridgehead atoms. The molecule has 0 saturated carbocycles. The van der Waals surface area contributed by atoms with E-state index in [4.69, 9.17) is 16.3 Å². The molecule has 0 spiro atoms. The Balaban J connectivity index is 1.81. The summed E-state index contributed by atoms with van der Waals surface area (Å²) in [5.74, 6) is -0.685. The largest absolute Gasteiger partial charge is 0.484 e. The number of sulfone groups is 1. The summed E-state index contributed by atoms with van der Waals surface area (Å²) in [5.41, 5.74) is 0. The van der Waals surface area contributed by atoms with Gasteiger partial charge in [0.25, 0.3) is 5.91 Å². The summed E-state index contributed by atoms with van der Waals surface area (Å²) in [4.78, 5) is 25.1. The minimum atomic E-state index is -3.50. The lowest BCUT2D eigenvalue weighted by Crippen LogP contribution is -2.45. The van der Waals surface area contributed by atoms with Gasteiger partial charge >= 0.3 is 0 Å². The minimum Gasteiger partial charge on any atom is -0.484 e. The van der Waals surface area contributed by atoms with Crippen LogP contribution in [0.2, 0.25) is 5.02 Å². The number of halogens is 1. The molecule has 1 N–H and O–H groups in total. The van der Waals surface area contributed by atoms with Gasteiger partial charge in [-0.1, -0.05) is 11.6 Å². The molecule has 2 amide bonds. The molecule has 138 valence electrons. The number of carbonyl (C=O) groups is 2. The summed E-state index contributed by atoms with van der Waals surface area (Å²) in [6.07, 6.45) is 0.651. The number of nitrogens with zero attached hydrogens (tertiary/aromatic N) is 1. The van der Waals surface area contributed by atoms with Crippen LogP contribution in [-0.4, -0.2) is 62.9 Å². The smallest absolute Gasteiger partial charge is 0.260 e. The van der Waals surface area contributed by atoms with Crippen LogP contribution < -0.4 is 10.1 Å². The maximum absolute atomic E-state index is 12.2. The fourth-order valence-corrected chi connectivity index (χ4v) is 4.40. The van der Waals surface area contributed by atoms with E-state index < -0.39 is 26.7 Å². The first kappa shape index (κ1) is 19.5. The van der Waals surface area contributed by atoms with Crippen molar-refractivity contribution in [2.45, 2.75) is 18.1 Å². The molecule has 0 unspecified atom stereocenters. The predicted octanol–water partition coefficient (Wildman–Crippen LogP) is 0.871. The quantitative estimate of drug-likeness (QED) is 0.780. The van der Waals surface area contributed by atoms with Crippen molar-refractivity contribution in [3.63, 3.8) is 0 Å². The predicted molar refractivity (Wildman–Crippen MR) is 94.4 cm³/mol. The van der Waals surface area contributed by atoms with Crippen LogP contribution in [0.5, 0.6) is 5.75 Å². The molecule has 0 aliphatic carbocycles. The summed E-state index contributed by atoms with van der Waals surface area (Å²) in [6.45, 7) is 0.554. The van der Waals surface area contributed by atoms with Crippen LogP contribution in [-0.2, 0) is 19.4 Å². The van der Waals surface area contributed by atoms with E-state index in [1.807, 2.05) is 0 Å². The molecule has 0 atom stereocenters. The lowest BCUT2D eigenvalue weighted by atomic mass is 10.1. The number of nitrogens with one attached hydrogen (secondary N) is 1. The van der Waals surface area contributed by atoms with Gasteiger partial charge in [0.05, 0.1) is 5.25 Å². The monoisotopic (exact) mass is 388 g/mol. The van der Waals surface area contributed by atoms with Crippen LogP contribution in [0.1, 0.15) is 12.8 Å². The molecule has 9 heteroatoms. The van der Waals surface area contributed by atoms with Crippen molar-refractivity contribution in [3.05, 3.63) is 29.3 Å². The molecular weight excluding hydrogens is 368 g/mol. The Hall–Kier alpha value is -1.80. The third-order valence-electron chi connectivity index (χ3n) is 4.09. The second-order valence-corrected chi connectivity index (χ2v) is 8.52. The summed E-state index contributed by atoms with van der Waals surface area (Å²) < 4.78 is 29.8. The minimum absolute atomic E-state index is 0.114. The van der Waals surface area contributed by atoms with Crippen LogP contribution in [0.3, 0.4) is 0 Å². The summed E-state index contributed by atoms with van der Waals surface area (Å²) in [7, 11) is -2.09. The maximum Gasteiger partial charge on any atom is 0.260 e. The van der Waals surface area contributed by atoms with Gasteiger partial charge in [0, 0.05) is 25.2 Å². The van der Waals surface area contributed by atoms with Crippen molar-refractivity contribution in [2.24, 2.45) is 0 Å². The third-order valence-corrected chi connectivity index (χ3v) is 6.49. The molecule has 25 heavy (non-hydrogen) atoms. The van der Waals surface area contributed by atoms with Gasteiger partial charge in [-0.3, -0.25) is 9.59 Å². The van der Waals surface area contributed by atoms with Gasteiger partial charge in [-0.2, -0.15) is 0 Å². The van der Waals surface area contributed by atoms with Crippen LogP contribution in [0, 0.1) is 0 Å². The molecule has 1 aromatic carbocycles. The summed E-state index contributed by atoms with van der Waals surface area (Å²) >= 11 is 5.78. The molecule has 1 fully saturated rings. The van der Waals surface area contributed by atoms with E-state index in [0.29, 0.717) is 36.7 Å². The molecule has 1 aliphatic heterocycles. The third kappa shape index (κ3) is 5.61. The van der Waals surface area contributed by atoms with E-state index in [0.717, 1.165) is 0 Å². The molecule has 0 aromatic heterocycles. The summed E-state index contributed by atoms with van der Waals surface area (Å²) in [6, 6.07) is 6.69. The van der Waals surface area contributed by atoms with Crippen LogP contribution in [0.15, 0.2) is 24.3 Å². The van der Waals surface area contributed by atoms with E-state index in [2.05, 4.69) is 5.32 Å². The SMILES string of the molecule is CNC(=O)CS(=O)(=O)C1CCN(C(=O)COc2ccc(Cl)cc2)CC1. The van der Waals surface area contributed by atoms with Gasteiger partial charge in [-0.05, 0) is 37.1 Å². The molecule has 1 saturated heterocycles.